The van der Waals surface area contributed by atoms with Crippen molar-refractivity contribution in [1.82, 2.24) is 4.90 Å². The summed E-state index contributed by atoms with van der Waals surface area (Å²) in [5.41, 5.74) is 10.8. The number of fused-ring (bicyclic) bond motifs is 3. The van der Waals surface area contributed by atoms with Crippen LogP contribution in [0.25, 0.3) is 11.1 Å². The number of carbonyl (C=O) groups is 1. The van der Waals surface area contributed by atoms with Gasteiger partial charge in [-0.25, -0.2) is 0 Å². The number of hydrogen-bond donors (Lipinski definition) is 0. The van der Waals surface area contributed by atoms with Crippen LogP contribution in [0, 0.1) is 11.3 Å². The Kier molecular flexibility index (Phi) is 4.94. The smallest absolute Gasteiger partial charge is 0.193 e. The Morgan fingerprint density at radius 1 is 1.12 bits per heavy atom. The minimum Gasteiger partial charge on any atom is -0.296 e. The lowest BCUT2D eigenvalue weighted by Crippen LogP contribution is -2.42. The molecule has 2 aromatic rings. The Bertz CT molecular complexity index is 1330. The summed E-state index contributed by atoms with van der Waals surface area (Å²) < 4.78 is 0. The fraction of sp³-hybridized carbons (Fsp3) is 0.419. The van der Waals surface area contributed by atoms with Crippen molar-refractivity contribution in [2.24, 2.45) is 0 Å². The highest BCUT2D eigenvalue weighted by Crippen LogP contribution is 2.51. The van der Waals surface area contributed by atoms with E-state index in [0.717, 1.165) is 60.7 Å². The summed E-state index contributed by atoms with van der Waals surface area (Å²) in [6.07, 6.45) is 9.30. The lowest BCUT2D eigenvalue weighted by Gasteiger charge is -2.40. The van der Waals surface area contributed by atoms with Crippen LogP contribution in [0.5, 0.6) is 0 Å². The molecule has 1 fully saturated rings. The zero-order chi connectivity index (χ0) is 23.6. The van der Waals surface area contributed by atoms with Gasteiger partial charge in [0.2, 0.25) is 0 Å². The maximum absolute atomic E-state index is 13.9. The Morgan fingerprint density at radius 3 is 2.59 bits per heavy atom. The van der Waals surface area contributed by atoms with Crippen molar-refractivity contribution in [3.63, 3.8) is 0 Å². The molecule has 1 aliphatic heterocycles. The highest BCUT2D eigenvalue weighted by molar-refractivity contribution is 6.33. The summed E-state index contributed by atoms with van der Waals surface area (Å²) in [6.45, 7) is 8.94. The molecule has 0 aromatic heterocycles. The molecule has 0 bridgehead atoms. The van der Waals surface area contributed by atoms with Gasteiger partial charge < -0.3 is 0 Å². The van der Waals surface area contributed by atoms with Gasteiger partial charge in [-0.05, 0) is 95.3 Å². The van der Waals surface area contributed by atoms with E-state index in [2.05, 4.69) is 49.9 Å². The topological polar surface area (TPSA) is 44.1 Å². The molecule has 172 valence electrons. The third-order valence-corrected chi connectivity index (χ3v) is 8.87. The van der Waals surface area contributed by atoms with E-state index in [-0.39, 0.29) is 11.2 Å². The molecule has 0 spiro atoms. The van der Waals surface area contributed by atoms with Gasteiger partial charge in [-0.2, -0.15) is 5.26 Å². The minimum atomic E-state index is -0.224. The Hall–Kier alpha value is -2.96. The molecule has 3 nitrogen and oxygen atoms in total. The number of nitrogens with zero attached hydrogens (tertiary/aromatic N) is 2. The van der Waals surface area contributed by atoms with Gasteiger partial charge in [0.05, 0.1) is 11.6 Å². The number of nitriles is 1. The van der Waals surface area contributed by atoms with E-state index in [9.17, 15) is 10.1 Å². The first-order valence-corrected chi connectivity index (χ1v) is 12.8. The van der Waals surface area contributed by atoms with Crippen molar-refractivity contribution >= 4 is 16.9 Å². The average Bonchev–Trinajstić information content (AvgIpc) is 3.21. The largest absolute Gasteiger partial charge is 0.296 e. The van der Waals surface area contributed by atoms with Crippen LogP contribution in [-0.4, -0.2) is 29.8 Å². The van der Waals surface area contributed by atoms with E-state index in [1.807, 2.05) is 18.2 Å². The fourth-order valence-electron chi connectivity index (χ4n) is 6.54. The maximum Gasteiger partial charge on any atom is 0.193 e. The molecule has 0 atom stereocenters. The van der Waals surface area contributed by atoms with E-state index >= 15 is 0 Å². The number of ketones is 1. The molecule has 3 aliphatic carbocycles. The molecule has 2 aromatic carbocycles. The van der Waals surface area contributed by atoms with Crippen LogP contribution in [0.15, 0.2) is 42.0 Å². The van der Waals surface area contributed by atoms with Crippen LogP contribution >= 0.6 is 0 Å². The SMILES string of the molecule is CCc1cc2c(cc1C1=CCN(C3CCC3)CC1)C(C)(C)C1=C(C2=O)c2ccc(C#N)cc2C1. The van der Waals surface area contributed by atoms with Crippen molar-refractivity contribution in [1.29, 1.82) is 5.26 Å². The van der Waals surface area contributed by atoms with Crippen LogP contribution in [0.4, 0.5) is 0 Å². The monoisotopic (exact) mass is 448 g/mol. The molecular weight excluding hydrogens is 416 g/mol. The van der Waals surface area contributed by atoms with Gasteiger partial charge in [-0.1, -0.05) is 39.3 Å². The van der Waals surface area contributed by atoms with Crippen LogP contribution in [0.3, 0.4) is 0 Å². The van der Waals surface area contributed by atoms with Gasteiger partial charge in [-0.3, -0.25) is 9.69 Å². The number of benzene rings is 2. The number of Topliss-reactive ketones (excluding diaryl/α,β-unsaturated/α-hetero) is 1. The minimum absolute atomic E-state index is 0.155. The molecule has 34 heavy (non-hydrogen) atoms. The second-order valence-corrected chi connectivity index (χ2v) is 10.9. The summed E-state index contributed by atoms with van der Waals surface area (Å²) in [4.78, 5) is 16.5. The van der Waals surface area contributed by atoms with Gasteiger partial charge >= 0.3 is 0 Å². The lowest BCUT2D eigenvalue weighted by atomic mass is 9.67. The molecule has 4 aliphatic rings. The van der Waals surface area contributed by atoms with E-state index in [4.69, 9.17) is 0 Å². The molecular formula is C31H32N2O. The Labute approximate surface area is 202 Å². The summed E-state index contributed by atoms with van der Waals surface area (Å²) in [5, 5.41) is 9.36. The number of carbonyl (C=O) groups excluding carboxylic acids is 1. The Morgan fingerprint density at radius 2 is 1.94 bits per heavy atom. The molecule has 1 heterocycles. The van der Waals surface area contributed by atoms with E-state index in [1.54, 1.807) is 0 Å². The van der Waals surface area contributed by atoms with Crippen LogP contribution in [0.1, 0.15) is 90.2 Å². The molecule has 0 N–H and O–H groups in total. The Balaban J connectivity index is 1.42. The first-order chi connectivity index (χ1) is 16.4. The van der Waals surface area contributed by atoms with Crippen LogP contribution in [0.2, 0.25) is 0 Å². The van der Waals surface area contributed by atoms with Gasteiger partial charge in [0.1, 0.15) is 0 Å². The van der Waals surface area contributed by atoms with Crippen molar-refractivity contribution in [2.45, 2.75) is 70.8 Å². The summed E-state index contributed by atoms with van der Waals surface area (Å²) in [6, 6.07) is 13.4. The normalized spacial score (nSPS) is 21.4. The number of aryl methyl sites for hydroxylation is 1. The average molecular weight is 449 g/mol. The molecule has 0 radical (unpaired) electrons. The molecule has 1 saturated carbocycles. The van der Waals surface area contributed by atoms with Crippen molar-refractivity contribution < 1.29 is 4.79 Å². The molecule has 0 unspecified atom stereocenters. The zero-order valence-electron chi connectivity index (χ0n) is 20.5. The van der Waals surface area contributed by atoms with Crippen molar-refractivity contribution in [3.05, 3.63) is 80.9 Å². The standard InChI is InChI=1S/C31H32N2O/c1-4-20-15-26-27(17-25(20)21-10-12-33(13-11-21)23-6-5-7-23)31(2,3)28-16-22-14-19(18-32)8-9-24(22)29(28)30(26)34/h8-10,14-15,17,23H,4-7,11-13,16H2,1-3H3. The fourth-order valence-corrected chi connectivity index (χ4v) is 6.54. The van der Waals surface area contributed by atoms with E-state index in [1.165, 1.54) is 47.1 Å². The van der Waals surface area contributed by atoms with Crippen molar-refractivity contribution in [2.75, 3.05) is 13.1 Å². The molecule has 3 heteroatoms. The quantitative estimate of drug-likeness (QED) is 0.558. The van der Waals surface area contributed by atoms with E-state index in [0.29, 0.717) is 5.56 Å². The molecule has 0 amide bonds. The number of hydrogen-bond acceptors (Lipinski definition) is 3. The van der Waals surface area contributed by atoms with Gasteiger partial charge in [-0.15, -0.1) is 0 Å². The van der Waals surface area contributed by atoms with Crippen LogP contribution < -0.4 is 0 Å². The highest BCUT2D eigenvalue weighted by Gasteiger charge is 2.43. The lowest BCUT2D eigenvalue weighted by molar-refractivity contribution is 0.105. The first-order valence-electron chi connectivity index (χ1n) is 12.8. The maximum atomic E-state index is 13.9. The predicted octanol–water partition coefficient (Wildman–Crippen LogP) is 6.25. The first kappa shape index (κ1) is 21.6. The van der Waals surface area contributed by atoms with Gasteiger partial charge in [0.15, 0.2) is 5.78 Å². The molecule has 6 rings (SSSR count). The van der Waals surface area contributed by atoms with Gasteiger partial charge in [0, 0.05) is 35.7 Å². The van der Waals surface area contributed by atoms with E-state index < -0.39 is 0 Å². The number of allylic oxidation sites excluding steroid dienone is 2. The summed E-state index contributed by atoms with van der Waals surface area (Å²) in [5.74, 6) is 0.155. The van der Waals surface area contributed by atoms with Crippen LogP contribution in [-0.2, 0) is 18.3 Å². The zero-order valence-corrected chi connectivity index (χ0v) is 20.5. The van der Waals surface area contributed by atoms with Gasteiger partial charge in [0.25, 0.3) is 0 Å². The third-order valence-electron chi connectivity index (χ3n) is 8.87. The van der Waals surface area contributed by atoms with Crippen molar-refractivity contribution in [3.8, 4) is 6.07 Å². The highest BCUT2D eigenvalue weighted by atomic mass is 16.1. The predicted molar refractivity (Wildman–Crippen MR) is 137 cm³/mol. The second kappa shape index (κ2) is 7.79. The summed E-state index contributed by atoms with van der Waals surface area (Å²) >= 11 is 0. The second-order valence-electron chi connectivity index (χ2n) is 10.9. The number of rotatable bonds is 3. The summed E-state index contributed by atoms with van der Waals surface area (Å²) in [7, 11) is 0. The molecule has 0 saturated heterocycles. The third kappa shape index (κ3) is 3.08.